The Labute approximate surface area is 138 Å². The van der Waals surface area contributed by atoms with Gasteiger partial charge < -0.3 is 4.90 Å². The third kappa shape index (κ3) is 2.67. The summed E-state index contributed by atoms with van der Waals surface area (Å²) in [6.45, 7) is 1.75. The molecule has 0 N–H and O–H groups in total. The van der Waals surface area contributed by atoms with E-state index in [-0.39, 0.29) is 11.7 Å². The van der Waals surface area contributed by atoms with Crippen LogP contribution in [0.5, 0.6) is 0 Å². The van der Waals surface area contributed by atoms with Gasteiger partial charge in [0.25, 0.3) is 5.91 Å². The number of benzene rings is 1. The van der Waals surface area contributed by atoms with Crippen molar-refractivity contribution in [1.82, 2.24) is 19.7 Å². The molecule has 3 aromatic rings. The van der Waals surface area contributed by atoms with Crippen molar-refractivity contribution in [3.8, 4) is 11.3 Å². The van der Waals surface area contributed by atoms with E-state index in [0.29, 0.717) is 25.2 Å². The smallest absolute Gasteiger partial charge is 0.255 e. The Kier molecular flexibility index (Phi) is 3.57. The van der Waals surface area contributed by atoms with Crippen LogP contribution in [0.25, 0.3) is 11.3 Å². The number of hydrogen-bond acceptors (Lipinski definition) is 3. The third-order valence-electron chi connectivity index (χ3n) is 4.13. The van der Waals surface area contributed by atoms with Gasteiger partial charge in [-0.2, -0.15) is 5.10 Å². The number of rotatable bonds is 2. The molecule has 1 aromatic carbocycles. The lowest BCUT2D eigenvalue weighted by molar-refractivity contribution is 0.0705. The molecule has 0 fully saturated rings. The van der Waals surface area contributed by atoms with E-state index in [1.54, 1.807) is 41.6 Å². The minimum Gasteiger partial charge on any atom is -0.331 e. The van der Waals surface area contributed by atoms with Crippen LogP contribution in [0.1, 0.15) is 16.1 Å². The van der Waals surface area contributed by atoms with Crippen LogP contribution in [-0.2, 0) is 13.1 Å². The van der Waals surface area contributed by atoms with Crippen molar-refractivity contribution in [2.75, 3.05) is 6.54 Å². The van der Waals surface area contributed by atoms with E-state index in [1.165, 1.54) is 12.1 Å². The summed E-state index contributed by atoms with van der Waals surface area (Å²) in [6.07, 6.45) is 3.23. The Hall–Kier alpha value is -3.02. The molecule has 4 rings (SSSR count). The Morgan fingerprint density at radius 1 is 1.12 bits per heavy atom. The molecule has 6 heteroatoms. The Morgan fingerprint density at radius 2 is 1.96 bits per heavy atom. The molecule has 5 nitrogen and oxygen atoms in total. The van der Waals surface area contributed by atoms with E-state index >= 15 is 0 Å². The van der Waals surface area contributed by atoms with Gasteiger partial charge in [0.15, 0.2) is 0 Å². The fourth-order valence-electron chi connectivity index (χ4n) is 2.87. The first kappa shape index (κ1) is 14.6. The maximum absolute atomic E-state index is 13.1. The number of pyridine rings is 1. The molecule has 0 saturated heterocycles. The van der Waals surface area contributed by atoms with Crippen molar-refractivity contribution in [2.45, 2.75) is 13.1 Å². The van der Waals surface area contributed by atoms with Gasteiger partial charge in [-0.25, -0.2) is 4.39 Å². The molecule has 0 radical (unpaired) electrons. The van der Waals surface area contributed by atoms with Gasteiger partial charge in [0.05, 0.1) is 30.0 Å². The van der Waals surface area contributed by atoms with Crippen molar-refractivity contribution < 1.29 is 9.18 Å². The van der Waals surface area contributed by atoms with Gasteiger partial charge in [-0.1, -0.05) is 0 Å². The minimum atomic E-state index is -0.268. The monoisotopic (exact) mass is 322 g/mol. The topological polar surface area (TPSA) is 51.0 Å². The molecule has 1 amide bonds. The van der Waals surface area contributed by atoms with E-state index in [4.69, 9.17) is 0 Å². The summed E-state index contributed by atoms with van der Waals surface area (Å²) >= 11 is 0. The van der Waals surface area contributed by atoms with E-state index < -0.39 is 0 Å². The lowest BCUT2D eigenvalue weighted by Crippen LogP contribution is -2.38. The maximum Gasteiger partial charge on any atom is 0.255 e. The fraction of sp³-hybridized carbons (Fsp3) is 0.167. The molecule has 0 spiro atoms. The number of carbonyl (C=O) groups is 1. The molecule has 1 aliphatic rings. The lowest BCUT2D eigenvalue weighted by Gasteiger charge is -2.27. The van der Waals surface area contributed by atoms with E-state index in [9.17, 15) is 9.18 Å². The van der Waals surface area contributed by atoms with Crippen LogP contribution in [0.4, 0.5) is 4.39 Å². The number of halogens is 1. The lowest BCUT2D eigenvalue weighted by atomic mass is 10.1. The molecule has 0 aliphatic carbocycles. The van der Waals surface area contributed by atoms with E-state index in [1.807, 2.05) is 10.7 Å². The summed E-state index contributed by atoms with van der Waals surface area (Å²) < 4.78 is 15.0. The van der Waals surface area contributed by atoms with Gasteiger partial charge in [-0.15, -0.1) is 0 Å². The molecule has 0 saturated carbocycles. The summed E-state index contributed by atoms with van der Waals surface area (Å²) in [4.78, 5) is 18.3. The van der Waals surface area contributed by atoms with Crippen LogP contribution in [-0.4, -0.2) is 32.1 Å². The van der Waals surface area contributed by atoms with Crippen LogP contribution in [0.2, 0.25) is 0 Å². The van der Waals surface area contributed by atoms with E-state index in [2.05, 4.69) is 10.1 Å². The molecule has 0 bridgehead atoms. The van der Waals surface area contributed by atoms with Crippen molar-refractivity contribution >= 4 is 5.91 Å². The van der Waals surface area contributed by atoms with Gasteiger partial charge in [-0.3, -0.25) is 14.5 Å². The fourth-order valence-corrected chi connectivity index (χ4v) is 2.87. The average molecular weight is 322 g/mol. The van der Waals surface area contributed by atoms with Crippen LogP contribution in [0.15, 0.2) is 54.9 Å². The second kappa shape index (κ2) is 5.88. The van der Waals surface area contributed by atoms with Crippen LogP contribution in [0, 0.1) is 5.82 Å². The number of fused-ring (bicyclic) bond motifs is 1. The summed E-state index contributed by atoms with van der Waals surface area (Å²) in [6, 6.07) is 11.7. The number of carbonyl (C=O) groups excluding carboxylic acids is 1. The first-order valence-corrected chi connectivity index (χ1v) is 7.73. The third-order valence-corrected chi connectivity index (χ3v) is 4.13. The zero-order chi connectivity index (χ0) is 16.5. The predicted molar refractivity (Wildman–Crippen MR) is 86.6 cm³/mol. The molecule has 0 unspecified atom stereocenters. The van der Waals surface area contributed by atoms with Gasteiger partial charge in [-0.05, 0) is 42.5 Å². The van der Waals surface area contributed by atoms with Gasteiger partial charge in [0, 0.05) is 24.5 Å². The molecule has 0 atom stereocenters. The molecular weight excluding hydrogens is 307 g/mol. The van der Waals surface area contributed by atoms with Crippen LogP contribution < -0.4 is 0 Å². The second-order valence-corrected chi connectivity index (χ2v) is 5.72. The second-order valence-electron chi connectivity index (χ2n) is 5.72. The highest BCUT2D eigenvalue weighted by molar-refractivity contribution is 5.93. The summed E-state index contributed by atoms with van der Waals surface area (Å²) in [5.41, 5.74) is 3.21. The molecular formula is C18H15FN4O. The Bertz CT molecular complexity index is 874. The van der Waals surface area contributed by atoms with Gasteiger partial charge in [0.2, 0.25) is 0 Å². The number of aromatic nitrogens is 3. The number of amides is 1. The molecule has 2 aromatic heterocycles. The molecule has 120 valence electrons. The van der Waals surface area contributed by atoms with Gasteiger partial charge >= 0.3 is 0 Å². The number of hydrogen-bond donors (Lipinski definition) is 0. The first-order chi connectivity index (χ1) is 11.7. The highest BCUT2D eigenvalue weighted by Crippen LogP contribution is 2.23. The predicted octanol–water partition coefficient (Wildman–Crippen LogP) is 2.74. The first-order valence-electron chi connectivity index (χ1n) is 7.73. The minimum absolute atomic E-state index is 0.0288. The standard InChI is InChI=1S/C18H15FN4O/c19-15-5-3-13(4-6-15)17-10-16-12-22(8-9-23(16)21-17)18(24)14-2-1-7-20-11-14/h1-7,10-11H,8-9,12H2. The average Bonchev–Trinajstić information content (AvgIpc) is 3.05. The molecule has 1 aliphatic heterocycles. The maximum atomic E-state index is 13.1. The van der Waals surface area contributed by atoms with E-state index in [0.717, 1.165) is 17.0 Å². The largest absolute Gasteiger partial charge is 0.331 e. The number of nitrogens with zero attached hydrogens (tertiary/aromatic N) is 4. The van der Waals surface area contributed by atoms with Crippen molar-refractivity contribution in [2.24, 2.45) is 0 Å². The highest BCUT2D eigenvalue weighted by Gasteiger charge is 2.23. The molecule has 24 heavy (non-hydrogen) atoms. The highest BCUT2D eigenvalue weighted by atomic mass is 19.1. The SMILES string of the molecule is O=C(c1cccnc1)N1CCn2nc(-c3ccc(F)cc3)cc2C1. The summed E-state index contributed by atoms with van der Waals surface area (Å²) in [5.74, 6) is -0.296. The van der Waals surface area contributed by atoms with Crippen molar-refractivity contribution in [1.29, 1.82) is 0 Å². The zero-order valence-electron chi connectivity index (χ0n) is 12.9. The summed E-state index contributed by atoms with van der Waals surface area (Å²) in [7, 11) is 0. The van der Waals surface area contributed by atoms with Gasteiger partial charge in [0.1, 0.15) is 5.82 Å². The normalized spacial score (nSPS) is 13.6. The van der Waals surface area contributed by atoms with Crippen LogP contribution in [0.3, 0.4) is 0 Å². The van der Waals surface area contributed by atoms with Crippen molar-refractivity contribution in [3.63, 3.8) is 0 Å². The Balaban J connectivity index is 1.57. The van der Waals surface area contributed by atoms with Crippen molar-refractivity contribution in [3.05, 3.63) is 71.9 Å². The van der Waals surface area contributed by atoms with Crippen LogP contribution >= 0.6 is 0 Å². The summed E-state index contributed by atoms with van der Waals surface area (Å²) in [5, 5.41) is 4.56. The Morgan fingerprint density at radius 3 is 2.71 bits per heavy atom. The molecule has 3 heterocycles. The zero-order valence-corrected chi connectivity index (χ0v) is 12.9. The quantitative estimate of drug-likeness (QED) is 0.729.